The third kappa shape index (κ3) is 13.5. The molecular formula is C26H44N8O6S. The monoisotopic (exact) mass is 596 g/mol. The third-order valence-corrected chi connectivity index (χ3v) is 6.57. The number of carbonyl (C=O) groups excluding carboxylic acids is 5. The average Bonchev–Trinajstić information content (AvgIpc) is 3.41. The Morgan fingerprint density at radius 1 is 0.878 bits per heavy atom. The molecule has 0 saturated carbocycles. The van der Waals surface area contributed by atoms with Crippen molar-refractivity contribution in [3.8, 4) is 0 Å². The van der Waals surface area contributed by atoms with E-state index in [1.807, 2.05) is 27.7 Å². The number of hydrogen-bond acceptors (Lipinski definition) is 9. The molecule has 0 aliphatic carbocycles. The van der Waals surface area contributed by atoms with Crippen LogP contribution in [0.4, 0.5) is 0 Å². The number of aromatic nitrogens is 1. The van der Waals surface area contributed by atoms with E-state index in [4.69, 9.17) is 11.5 Å². The quantitative estimate of drug-likeness (QED) is 0.0497. The standard InChI is InChI=1S/C26H44N8O6S/c1-14(2)11-18(21(37)25-29-9-10-41-25)32-23(39)19(12-15(3)4)33-24(40)20(13-35)34-22(38)17(31-16(5)36)7-6-8-30-26(27)28/h9-10,14-15,17-20,35H,6-8,11-13H2,1-5H3,(H,31,36)(H,32,39)(H,33,40)(H,34,38)(H4,27,28,30)/t17-,18-,19-,20-/m0/s1. The number of hydrogen-bond donors (Lipinski definition) is 7. The molecule has 41 heavy (non-hydrogen) atoms. The molecule has 0 aliphatic heterocycles. The van der Waals surface area contributed by atoms with Gasteiger partial charge in [0.25, 0.3) is 0 Å². The number of thiazole rings is 1. The molecule has 0 aromatic carbocycles. The van der Waals surface area contributed by atoms with Gasteiger partial charge in [0.15, 0.2) is 11.0 Å². The summed E-state index contributed by atoms with van der Waals surface area (Å²) in [7, 11) is 0. The van der Waals surface area contributed by atoms with Gasteiger partial charge >= 0.3 is 0 Å². The van der Waals surface area contributed by atoms with Crippen molar-refractivity contribution in [2.24, 2.45) is 28.3 Å². The minimum Gasteiger partial charge on any atom is -0.394 e. The predicted molar refractivity (Wildman–Crippen MR) is 156 cm³/mol. The number of Topliss-reactive ketones (excluding diaryl/α,β-unsaturated/α-hetero) is 1. The number of aliphatic hydroxyl groups is 1. The Balaban J connectivity index is 2.99. The van der Waals surface area contributed by atoms with E-state index in [-0.39, 0.29) is 48.0 Å². The molecule has 0 radical (unpaired) electrons. The number of nitrogens with one attached hydrogen (secondary N) is 4. The lowest BCUT2D eigenvalue weighted by Gasteiger charge is -2.26. The van der Waals surface area contributed by atoms with Crippen molar-refractivity contribution in [1.82, 2.24) is 26.3 Å². The summed E-state index contributed by atoms with van der Waals surface area (Å²) in [6, 6.07) is -4.29. The Bertz CT molecular complexity index is 1040. The van der Waals surface area contributed by atoms with E-state index in [2.05, 4.69) is 31.2 Å². The van der Waals surface area contributed by atoms with Gasteiger partial charge in [-0.2, -0.15) is 0 Å². The number of carbonyl (C=O) groups is 5. The number of ketones is 1. The molecule has 230 valence electrons. The van der Waals surface area contributed by atoms with Crippen LogP contribution in [0.5, 0.6) is 0 Å². The third-order valence-electron chi connectivity index (χ3n) is 5.78. The molecule has 4 atom stereocenters. The summed E-state index contributed by atoms with van der Waals surface area (Å²) in [5, 5.41) is 22.1. The maximum Gasteiger partial charge on any atom is 0.245 e. The van der Waals surface area contributed by atoms with Crippen LogP contribution in [0.1, 0.15) is 70.1 Å². The highest BCUT2D eigenvalue weighted by atomic mass is 32.1. The molecule has 1 aromatic heterocycles. The van der Waals surface area contributed by atoms with Gasteiger partial charge in [0.05, 0.1) is 12.6 Å². The zero-order chi connectivity index (χ0) is 31.1. The Hall–Kier alpha value is -3.59. The van der Waals surface area contributed by atoms with Crippen molar-refractivity contribution in [2.45, 2.75) is 84.5 Å². The van der Waals surface area contributed by atoms with Crippen molar-refractivity contribution in [2.75, 3.05) is 13.2 Å². The van der Waals surface area contributed by atoms with Gasteiger partial charge in [0.1, 0.15) is 18.1 Å². The minimum atomic E-state index is -1.40. The molecule has 15 heteroatoms. The second kappa shape index (κ2) is 18.0. The molecule has 0 spiro atoms. The first-order valence-electron chi connectivity index (χ1n) is 13.5. The first kappa shape index (κ1) is 35.4. The number of aliphatic imine (C=N–C) groups is 1. The molecule has 1 heterocycles. The van der Waals surface area contributed by atoms with Crippen LogP contribution in [0.15, 0.2) is 16.6 Å². The number of rotatable bonds is 18. The maximum atomic E-state index is 13.3. The van der Waals surface area contributed by atoms with Crippen LogP contribution in [0.3, 0.4) is 0 Å². The molecule has 1 aromatic rings. The first-order chi connectivity index (χ1) is 19.2. The van der Waals surface area contributed by atoms with Crippen LogP contribution in [0.25, 0.3) is 0 Å². The smallest absolute Gasteiger partial charge is 0.245 e. The van der Waals surface area contributed by atoms with E-state index in [1.54, 1.807) is 5.38 Å². The Kier molecular flexibility index (Phi) is 15.5. The van der Waals surface area contributed by atoms with Gasteiger partial charge in [-0.25, -0.2) is 4.98 Å². The zero-order valence-electron chi connectivity index (χ0n) is 24.3. The molecule has 9 N–H and O–H groups in total. The summed E-state index contributed by atoms with van der Waals surface area (Å²) in [6.45, 7) is 8.29. The van der Waals surface area contributed by atoms with E-state index >= 15 is 0 Å². The molecular weight excluding hydrogens is 552 g/mol. The van der Waals surface area contributed by atoms with Crippen molar-refractivity contribution in [3.63, 3.8) is 0 Å². The van der Waals surface area contributed by atoms with Gasteiger partial charge < -0.3 is 37.8 Å². The van der Waals surface area contributed by atoms with Crippen molar-refractivity contribution in [1.29, 1.82) is 0 Å². The summed E-state index contributed by atoms with van der Waals surface area (Å²) >= 11 is 1.18. The van der Waals surface area contributed by atoms with Crippen LogP contribution in [0.2, 0.25) is 0 Å². The normalized spacial score (nSPS) is 14.0. The Morgan fingerprint density at radius 3 is 1.93 bits per heavy atom. The summed E-state index contributed by atoms with van der Waals surface area (Å²) in [5.74, 6) is -2.87. The van der Waals surface area contributed by atoms with Gasteiger partial charge in [-0.3, -0.25) is 29.0 Å². The van der Waals surface area contributed by atoms with Crippen molar-refractivity contribution < 1.29 is 29.1 Å². The fraction of sp³-hybridized carbons (Fsp3) is 0.654. The van der Waals surface area contributed by atoms with Crippen molar-refractivity contribution in [3.05, 3.63) is 16.6 Å². The van der Waals surface area contributed by atoms with Crippen LogP contribution < -0.4 is 32.7 Å². The predicted octanol–water partition coefficient (Wildman–Crippen LogP) is -0.577. The van der Waals surface area contributed by atoms with Gasteiger partial charge in [0, 0.05) is 25.0 Å². The topological polar surface area (TPSA) is 231 Å². The Morgan fingerprint density at radius 2 is 1.41 bits per heavy atom. The Labute approximate surface area is 244 Å². The van der Waals surface area contributed by atoms with Gasteiger partial charge in [-0.05, 0) is 37.5 Å². The van der Waals surface area contributed by atoms with Crippen LogP contribution in [-0.2, 0) is 19.2 Å². The average molecular weight is 597 g/mol. The van der Waals surface area contributed by atoms with Crippen molar-refractivity contribution >= 4 is 46.7 Å². The van der Waals surface area contributed by atoms with E-state index in [0.717, 1.165) is 0 Å². The lowest BCUT2D eigenvalue weighted by molar-refractivity contribution is -0.134. The second-order valence-electron chi connectivity index (χ2n) is 10.5. The summed E-state index contributed by atoms with van der Waals surface area (Å²) < 4.78 is 0. The SMILES string of the molecule is CC(=O)N[C@@H](CCCN=C(N)N)C(=O)N[C@@H](CO)C(=O)N[C@@H](CC(C)C)C(=O)N[C@@H](CC(C)C)C(=O)c1nccs1. The molecule has 0 aliphatic rings. The van der Waals surface area contributed by atoms with Crippen LogP contribution >= 0.6 is 11.3 Å². The summed E-state index contributed by atoms with van der Waals surface area (Å²) in [6.07, 6.45) is 2.65. The number of amides is 4. The maximum absolute atomic E-state index is 13.3. The molecule has 0 bridgehead atoms. The molecule has 0 unspecified atom stereocenters. The fourth-order valence-electron chi connectivity index (χ4n) is 3.93. The van der Waals surface area contributed by atoms with Gasteiger partial charge in [-0.1, -0.05) is 27.7 Å². The summed E-state index contributed by atoms with van der Waals surface area (Å²) in [4.78, 5) is 71.8. The number of aliphatic hydroxyl groups excluding tert-OH is 1. The molecule has 0 saturated heterocycles. The number of nitrogens with zero attached hydrogens (tertiary/aromatic N) is 2. The number of guanidine groups is 1. The summed E-state index contributed by atoms with van der Waals surface area (Å²) in [5.41, 5.74) is 10.6. The molecule has 14 nitrogen and oxygen atoms in total. The van der Waals surface area contributed by atoms with E-state index in [9.17, 15) is 29.1 Å². The fourth-order valence-corrected chi connectivity index (χ4v) is 4.56. The van der Waals surface area contributed by atoms with E-state index in [0.29, 0.717) is 12.8 Å². The van der Waals surface area contributed by atoms with E-state index < -0.39 is 54.4 Å². The molecule has 0 fully saturated rings. The first-order valence-corrected chi connectivity index (χ1v) is 14.4. The van der Waals surface area contributed by atoms with Crippen LogP contribution in [0, 0.1) is 11.8 Å². The molecule has 4 amide bonds. The zero-order valence-corrected chi connectivity index (χ0v) is 25.1. The lowest BCUT2D eigenvalue weighted by atomic mass is 9.98. The van der Waals surface area contributed by atoms with Crippen LogP contribution in [-0.4, -0.2) is 82.8 Å². The highest BCUT2D eigenvalue weighted by Gasteiger charge is 2.32. The van der Waals surface area contributed by atoms with Gasteiger partial charge in [-0.15, -0.1) is 11.3 Å². The molecule has 1 rings (SSSR count). The highest BCUT2D eigenvalue weighted by molar-refractivity contribution is 7.11. The number of nitrogens with two attached hydrogens (primary N) is 2. The lowest BCUT2D eigenvalue weighted by Crippen LogP contribution is -2.58. The minimum absolute atomic E-state index is 0.0132. The van der Waals surface area contributed by atoms with Gasteiger partial charge in [0.2, 0.25) is 29.4 Å². The largest absolute Gasteiger partial charge is 0.394 e. The highest BCUT2D eigenvalue weighted by Crippen LogP contribution is 2.15. The van der Waals surface area contributed by atoms with E-state index in [1.165, 1.54) is 24.5 Å². The second-order valence-corrected chi connectivity index (χ2v) is 11.4.